The van der Waals surface area contributed by atoms with Crippen molar-refractivity contribution in [1.82, 2.24) is 0 Å². The van der Waals surface area contributed by atoms with Gasteiger partial charge in [0.25, 0.3) is 0 Å². The van der Waals surface area contributed by atoms with Gasteiger partial charge < -0.3 is 14.6 Å². The molecule has 0 spiro atoms. The van der Waals surface area contributed by atoms with Crippen molar-refractivity contribution >= 4 is 15.9 Å². The van der Waals surface area contributed by atoms with Gasteiger partial charge in [0.15, 0.2) is 0 Å². The Morgan fingerprint density at radius 3 is 2.60 bits per heavy atom. The minimum absolute atomic E-state index is 0.559. The van der Waals surface area contributed by atoms with Crippen molar-refractivity contribution in [2.45, 2.75) is 13.0 Å². The van der Waals surface area contributed by atoms with Crippen LogP contribution in [0.5, 0.6) is 11.5 Å². The molecule has 0 aliphatic rings. The van der Waals surface area contributed by atoms with Crippen LogP contribution in [0.1, 0.15) is 24.2 Å². The molecule has 1 atom stereocenters. The van der Waals surface area contributed by atoms with E-state index in [1.165, 1.54) is 0 Å². The summed E-state index contributed by atoms with van der Waals surface area (Å²) in [5.74, 6) is 1.40. The van der Waals surface area contributed by atoms with Crippen molar-refractivity contribution in [3.63, 3.8) is 0 Å². The fraction of sp³-hybridized carbons (Fsp3) is 0.250. The summed E-state index contributed by atoms with van der Waals surface area (Å²) in [6, 6.07) is 13.0. The molecule has 4 heteroatoms. The fourth-order valence-electron chi connectivity index (χ4n) is 2.02. The highest BCUT2D eigenvalue weighted by molar-refractivity contribution is 9.10. The summed E-state index contributed by atoms with van der Waals surface area (Å²) in [7, 11) is 1.60. The third-order valence-corrected chi connectivity index (χ3v) is 3.73. The Bertz CT molecular complexity index is 584. The van der Waals surface area contributed by atoms with E-state index in [-0.39, 0.29) is 0 Å². The Labute approximate surface area is 127 Å². The van der Waals surface area contributed by atoms with Crippen LogP contribution in [0.4, 0.5) is 0 Å². The maximum Gasteiger partial charge on any atom is 0.125 e. The van der Waals surface area contributed by atoms with Crippen molar-refractivity contribution in [3.8, 4) is 11.5 Å². The van der Waals surface area contributed by atoms with E-state index in [0.717, 1.165) is 15.6 Å². The van der Waals surface area contributed by atoms with Gasteiger partial charge in [0.05, 0.1) is 13.7 Å². The van der Waals surface area contributed by atoms with Crippen LogP contribution >= 0.6 is 15.9 Å². The topological polar surface area (TPSA) is 38.7 Å². The minimum Gasteiger partial charge on any atom is -0.497 e. The zero-order valence-electron chi connectivity index (χ0n) is 11.5. The van der Waals surface area contributed by atoms with Crippen molar-refractivity contribution in [1.29, 1.82) is 0 Å². The van der Waals surface area contributed by atoms with E-state index >= 15 is 0 Å². The van der Waals surface area contributed by atoms with Crippen LogP contribution in [0.3, 0.4) is 0 Å². The number of halogens is 1. The molecule has 0 aromatic heterocycles. The summed E-state index contributed by atoms with van der Waals surface area (Å²) in [5.41, 5.74) is 1.49. The summed E-state index contributed by atoms with van der Waals surface area (Å²) >= 11 is 3.46. The Morgan fingerprint density at radius 2 is 1.90 bits per heavy atom. The van der Waals surface area contributed by atoms with Gasteiger partial charge in [0.2, 0.25) is 0 Å². The number of rotatable bonds is 5. The molecule has 3 nitrogen and oxygen atoms in total. The number of aliphatic hydroxyl groups excluding tert-OH is 1. The number of hydrogen-bond donors (Lipinski definition) is 1. The van der Waals surface area contributed by atoms with Crippen LogP contribution in [0.25, 0.3) is 0 Å². The van der Waals surface area contributed by atoms with Gasteiger partial charge >= 0.3 is 0 Å². The predicted octanol–water partition coefficient (Wildman–Crippen LogP) is 3.94. The van der Waals surface area contributed by atoms with Gasteiger partial charge in [0.1, 0.15) is 17.6 Å². The first-order valence-corrected chi connectivity index (χ1v) is 7.20. The molecule has 0 radical (unpaired) electrons. The Kier molecular flexibility index (Phi) is 5.04. The van der Waals surface area contributed by atoms with E-state index in [4.69, 9.17) is 9.47 Å². The fourth-order valence-corrected chi connectivity index (χ4v) is 2.48. The standard InChI is InChI=1S/C16H17BrO3/c1-3-20-15-7-5-4-6-12(15)16(18)13-10-11(19-2)8-9-14(13)17/h4-10,16,18H,3H2,1-2H3. The van der Waals surface area contributed by atoms with Crippen molar-refractivity contribution in [2.75, 3.05) is 13.7 Å². The summed E-state index contributed by atoms with van der Waals surface area (Å²) in [5, 5.41) is 10.6. The van der Waals surface area contributed by atoms with Gasteiger partial charge in [-0.1, -0.05) is 34.1 Å². The van der Waals surface area contributed by atoms with Crippen LogP contribution in [-0.4, -0.2) is 18.8 Å². The second kappa shape index (κ2) is 6.77. The normalized spacial score (nSPS) is 12.0. The van der Waals surface area contributed by atoms with E-state index < -0.39 is 6.10 Å². The lowest BCUT2D eigenvalue weighted by Crippen LogP contribution is -2.05. The van der Waals surface area contributed by atoms with Gasteiger partial charge in [0, 0.05) is 15.6 Å². The van der Waals surface area contributed by atoms with Crippen LogP contribution in [0, 0.1) is 0 Å². The number of aliphatic hydroxyl groups is 1. The SMILES string of the molecule is CCOc1ccccc1C(O)c1cc(OC)ccc1Br. The molecule has 0 saturated carbocycles. The molecular weight excluding hydrogens is 320 g/mol. The van der Waals surface area contributed by atoms with E-state index in [1.54, 1.807) is 7.11 Å². The first kappa shape index (κ1) is 14.9. The number of ether oxygens (including phenoxy) is 2. The highest BCUT2D eigenvalue weighted by Crippen LogP contribution is 2.35. The number of para-hydroxylation sites is 1. The van der Waals surface area contributed by atoms with Gasteiger partial charge in [-0.15, -0.1) is 0 Å². The van der Waals surface area contributed by atoms with E-state index in [2.05, 4.69) is 15.9 Å². The molecule has 2 aromatic carbocycles. The monoisotopic (exact) mass is 336 g/mol. The van der Waals surface area contributed by atoms with Crippen LogP contribution in [-0.2, 0) is 0 Å². The molecule has 0 aliphatic carbocycles. The van der Waals surface area contributed by atoms with Crippen LogP contribution < -0.4 is 9.47 Å². The summed E-state index contributed by atoms with van der Waals surface area (Å²) < 4.78 is 11.6. The zero-order chi connectivity index (χ0) is 14.5. The lowest BCUT2D eigenvalue weighted by Gasteiger charge is -2.17. The molecule has 1 unspecified atom stereocenters. The molecule has 2 rings (SSSR count). The highest BCUT2D eigenvalue weighted by atomic mass is 79.9. The second-order valence-electron chi connectivity index (χ2n) is 4.26. The van der Waals surface area contributed by atoms with Crippen molar-refractivity contribution in [2.24, 2.45) is 0 Å². The van der Waals surface area contributed by atoms with E-state index in [9.17, 15) is 5.11 Å². The van der Waals surface area contributed by atoms with E-state index in [0.29, 0.717) is 18.1 Å². The minimum atomic E-state index is -0.776. The molecule has 0 amide bonds. The van der Waals surface area contributed by atoms with E-state index in [1.807, 2.05) is 49.4 Å². The average Bonchev–Trinajstić information content (AvgIpc) is 2.48. The van der Waals surface area contributed by atoms with Gasteiger partial charge in [-0.05, 0) is 31.2 Å². The van der Waals surface area contributed by atoms with Gasteiger partial charge in [-0.25, -0.2) is 0 Å². The lowest BCUT2D eigenvalue weighted by atomic mass is 10.0. The third-order valence-electron chi connectivity index (χ3n) is 3.01. The maximum absolute atomic E-state index is 10.6. The number of hydrogen-bond acceptors (Lipinski definition) is 3. The molecular formula is C16H17BrO3. The van der Waals surface area contributed by atoms with Gasteiger partial charge in [-0.2, -0.15) is 0 Å². The highest BCUT2D eigenvalue weighted by Gasteiger charge is 2.18. The molecule has 0 bridgehead atoms. The third kappa shape index (κ3) is 3.14. The smallest absolute Gasteiger partial charge is 0.125 e. The molecule has 1 N–H and O–H groups in total. The first-order chi connectivity index (χ1) is 9.67. The van der Waals surface area contributed by atoms with Crippen molar-refractivity contribution in [3.05, 3.63) is 58.1 Å². The van der Waals surface area contributed by atoms with Crippen LogP contribution in [0.2, 0.25) is 0 Å². The molecule has 0 heterocycles. The molecule has 0 fully saturated rings. The Morgan fingerprint density at radius 1 is 1.15 bits per heavy atom. The van der Waals surface area contributed by atoms with Crippen LogP contribution in [0.15, 0.2) is 46.9 Å². The lowest BCUT2D eigenvalue weighted by molar-refractivity contribution is 0.210. The maximum atomic E-state index is 10.6. The molecule has 0 aliphatic heterocycles. The quantitative estimate of drug-likeness (QED) is 0.898. The first-order valence-electron chi connectivity index (χ1n) is 6.40. The molecule has 20 heavy (non-hydrogen) atoms. The molecule has 2 aromatic rings. The summed E-state index contributed by atoms with van der Waals surface area (Å²) in [6.45, 7) is 2.48. The predicted molar refractivity (Wildman–Crippen MR) is 82.4 cm³/mol. The van der Waals surface area contributed by atoms with Gasteiger partial charge in [-0.3, -0.25) is 0 Å². The molecule has 106 valence electrons. The zero-order valence-corrected chi connectivity index (χ0v) is 13.1. The number of methoxy groups -OCH3 is 1. The summed E-state index contributed by atoms with van der Waals surface area (Å²) in [6.07, 6.45) is -0.776. The molecule has 0 saturated heterocycles. The largest absolute Gasteiger partial charge is 0.497 e. The Hall–Kier alpha value is -1.52. The second-order valence-corrected chi connectivity index (χ2v) is 5.12. The van der Waals surface area contributed by atoms with Crippen molar-refractivity contribution < 1.29 is 14.6 Å². The average molecular weight is 337 g/mol. The number of benzene rings is 2. The Balaban J connectivity index is 2.43. The summed E-state index contributed by atoms with van der Waals surface area (Å²) in [4.78, 5) is 0.